The summed E-state index contributed by atoms with van der Waals surface area (Å²) in [6.07, 6.45) is 10.9. The van der Waals surface area contributed by atoms with Gasteiger partial charge in [-0.1, -0.05) is 44.8 Å². The molecule has 0 saturated heterocycles. The van der Waals surface area contributed by atoms with Gasteiger partial charge in [-0.15, -0.1) is 0 Å². The smallest absolute Gasteiger partial charge is 0.328 e. The summed E-state index contributed by atoms with van der Waals surface area (Å²) in [7, 11) is 1.29. The van der Waals surface area contributed by atoms with Crippen LogP contribution < -0.4 is 16.0 Å². The van der Waals surface area contributed by atoms with Crippen LogP contribution in [0.4, 0.5) is 20.6 Å². The molecule has 38 heavy (non-hydrogen) atoms. The number of aryl methyl sites for hydroxylation is 2. The van der Waals surface area contributed by atoms with Crippen molar-refractivity contribution in [3.8, 4) is 0 Å². The minimum absolute atomic E-state index is 0.00156. The van der Waals surface area contributed by atoms with Gasteiger partial charge in [0.05, 0.1) is 18.4 Å². The Morgan fingerprint density at radius 3 is 2.37 bits per heavy atom. The van der Waals surface area contributed by atoms with E-state index in [-0.39, 0.29) is 17.2 Å². The number of hydrogen-bond donors (Lipinski definition) is 3. The van der Waals surface area contributed by atoms with Gasteiger partial charge in [-0.05, 0) is 86.1 Å². The Balaban J connectivity index is 1.77. The Labute approximate surface area is 224 Å². The highest BCUT2D eigenvalue weighted by Crippen LogP contribution is 2.28. The first-order valence-electron chi connectivity index (χ1n) is 13.3. The number of benzene rings is 2. The molecule has 0 heterocycles. The van der Waals surface area contributed by atoms with Crippen molar-refractivity contribution < 1.29 is 23.5 Å². The molecule has 0 aliphatic heterocycles. The van der Waals surface area contributed by atoms with Crippen molar-refractivity contribution in [2.75, 3.05) is 17.7 Å². The molecule has 1 aliphatic rings. The normalized spacial score (nSPS) is 14.7. The van der Waals surface area contributed by atoms with Gasteiger partial charge in [0.1, 0.15) is 11.9 Å². The molecular weight excluding hydrogens is 485 g/mol. The van der Waals surface area contributed by atoms with Crippen LogP contribution in [0.5, 0.6) is 0 Å². The molecule has 1 aliphatic carbocycles. The topological polar surface area (TPSA) is 96.5 Å². The maximum absolute atomic E-state index is 14.1. The second-order valence-corrected chi connectivity index (χ2v) is 9.86. The molecule has 0 bridgehead atoms. The second-order valence-electron chi connectivity index (χ2n) is 9.86. The number of nitrogens with one attached hydrogen (secondary N) is 3. The predicted molar refractivity (Wildman–Crippen MR) is 149 cm³/mol. The average Bonchev–Trinajstić information content (AvgIpc) is 2.89. The van der Waals surface area contributed by atoms with Crippen LogP contribution in [0.15, 0.2) is 36.4 Å². The molecule has 1 fully saturated rings. The minimum atomic E-state index is -0.810. The van der Waals surface area contributed by atoms with Crippen LogP contribution in [-0.4, -0.2) is 31.1 Å². The number of carbonyl (C=O) groups excluding carboxylic acids is 3. The Morgan fingerprint density at radius 1 is 1.05 bits per heavy atom. The van der Waals surface area contributed by atoms with Crippen LogP contribution in [0, 0.1) is 25.6 Å². The number of unbranched alkanes of at least 4 members (excludes halogenated alkanes) is 1. The number of amides is 3. The molecule has 204 valence electrons. The van der Waals surface area contributed by atoms with Gasteiger partial charge in [0, 0.05) is 5.69 Å². The van der Waals surface area contributed by atoms with Crippen LogP contribution in [0.1, 0.15) is 78.9 Å². The van der Waals surface area contributed by atoms with Crippen molar-refractivity contribution in [2.45, 2.75) is 71.8 Å². The Morgan fingerprint density at radius 2 is 1.74 bits per heavy atom. The number of allylic oxidation sites excluding steroid dienone is 1. The van der Waals surface area contributed by atoms with Gasteiger partial charge in [0.25, 0.3) is 5.91 Å². The molecule has 2 aromatic rings. The predicted octanol–water partition coefficient (Wildman–Crippen LogP) is 6.75. The van der Waals surface area contributed by atoms with E-state index in [1.54, 1.807) is 0 Å². The lowest BCUT2D eigenvalue weighted by atomic mass is 9.83. The van der Waals surface area contributed by atoms with E-state index in [1.165, 1.54) is 13.2 Å². The second kappa shape index (κ2) is 13.7. The molecule has 7 nitrogen and oxygen atoms in total. The lowest BCUT2D eigenvalue weighted by Crippen LogP contribution is -2.47. The molecule has 0 aromatic heterocycles. The lowest BCUT2D eigenvalue weighted by Gasteiger charge is -2.29. The first-order valence-corrected chi connectivity index (χ1v) is 13.3. The molecule has 3 N–H and O–H groups in total. The van der Waals surface area contributed by atoms with E-state index < -0.39 is 29.8 Å². The molecule has 1 atom stereocenters. The zero-order chi connectivity index (χ0) is 27.7. The van der Waals surface area contributed by atoms with Crippen LogP contribution in [0.3, 0.4) is 0 Å². The largest absolute Gasteiger partial charge is 0.467 e. The standard InChI is InChI=1S/C30H38FN3O4/c1-5-6-8-11-21-16-19(2)26(20(3)17-21)34-30(37)32-25-18-23(31)14-15-24(25)28(35)33-27(29(36)38-4)22-12-9-7-10-13-22/h8,11,14-18,22,27H,5-7,9-10,12-13H2,1-4H3,(H,33,35)(H2,32,34,37)/t27-/m0/s1. The van der Waals surface area contributed by atoms with Gasteiger partial charge < -0.3 is 20.7 Å². The van der Waals surface area contributed by atoms with E-state index >= 15 is 0 Å². The van der Waals surface area contributed by atoms with E-state index in [0.29, 0.717) is 5.69 Å². The van der Waals surface area contributed by atoms with Crippen LogP contribution in [0.25, 0.3) is 6.08 Å². The van der Waals surface area contributed by atoms with Crippen molar-refractivity contribution in [1.82, 2.24) is 5.32 Å². The van der Waals surface area contributed by atoms with Crippen molar-refractivity contribution in [2.24, 2.45) is 5.92 Å². The molecule has 0 spiro atoms. The van der Waals surface area contributed by atoms with Crippen LogP contribution in [-0.2, 0) is 9.53 Å². The SMILES string of the molecule is CCCC=Cc1cc(C)c(NC(=O)Nc2cc(F)ccc2C(=O)N[C@H](C(=O)OC)C2CCCCC2)c(C)c1. The Kier molecular flexibility index (Phi) is 10.4. The first kappa shape index (κ1) is 28.9. The number of carbonyl (C=O) groups is 3. The Bertz CT molecular complexity index is 1170. The molecule has 3 amide bonds. The number of halogens is 1. The number of urea groups is 1. The van der Waals surface area contributed by atoms with Gasteiger partial charge in [-0.2, -0.15) is 0 Å². The highest BCUT2D eigenvalue weighted by Gasteiger charge is 2.32. The van der Waals surface area contributed by atoms with Gasteiger partial charge in [0.15, 0.2) is 0 Å². The Hall–Kier alpha value is -3.68. The van der Waals surface area contributed by atoms with E-state index in [1.807, 2.05) is 26.0 Å². The number of rotatable bonds is 9. The van der Waals surface area contributed by atoms with Gasteiger partial charge in [-0.3, -0.25) is 4.79 Å². The maximum Gasteiger partial charge on any atom is 0.328 e. The summed E-state index contributed by atoms with van der Waals surface area (Å²) in [6.45, 7) is 5.92. The third-order valence-electron chi connectivity index (χ3n) is 6.90. The monoisotopic (exact) mass is 523 g/mol. The van der Waals surface area contributed by atoms with E-state index in [2.05, 4.69) is 35.0 Å². The van der Waals surface area contributed by atoms with E-state index in [0.717, 1.165) is 73.8 Å². The summed E-state index contributed by atoms with van der Waals surface area (Å²) in [5.74, 6) is -1.74. The summed E-state index contributed by atoms with van der Waals surface area (Å²) in [6, 6.07) is 6.07. The fraction of sp³-hybridized carbons (Fsp3) is 0.433. The van der Waals surface area contributed by atoms with Gasteiger partial charge >= 0.3 is 12.0 Å². The number of hydrogen-bond acceptors (Lipinski definition) is 4. The average molecular weight is 524 g/mol. The number of esters is 1. The van der Waals surface area contributed by atoms with Crippen molar-refractivity contribution in [3.05, 3.63) is 64.5 Å². The summed E-state index contributed by atoms with van der Waals surface area (Å²) in [4.78, 5) is 38.6. The zero-order valence-electron chi connectivity index (χ0n) is 22.7. The molecule has 3 rings (SSSR count). The molecule has 0 radical (unpaired) electrons. The van der Waals surface area contributed by atoms with Gasteiger partial charge in [-0.25, -0.2) is 14.0 Å². The highest BCUT2D eigenvalue weighted by atomic mass is 19.1. The fourth-order valence-electron chi connectivity index (χ4n) is 4.94. The molecular formula is C30H38FN3O4. The summed E-state index contributed by atoms with van der Waals surface area (Å²) >= 11 is 0. The first-order chi connectivity index (χ1) is 18.2. The molecule has 8 heteroatoms. The van der Waals surface area contributed by atoms with E-state index in [9.17, 15) is 18.8 Å². The summed E-state index contributed by atoms with van der Waals surface area (Å²) in [5.41, 5.74) is 3.49. The highest BCUT2D eigenvalue weighted by molar-refractivity contribution is 6.07. The minimum Gasteiger partial charge on any atom is -0.467 e. The number of methoxy groups -OCH3 is 1. The molecule has 0 unspecified atom stereocenters. The van der Waals surface area contributed by atoms with Crippen molar-refractivity contribution in [3.63, 3.8) is 0 Å². The number of anilines is 2. The molecule has 2 aromatic carbocycles. The van der Waals surface area contributed by atoms with Crippen molar-refractivity contribution >= 4 is 35.4 Å². The summed E-state index contributed by atoms with van der Waals surface area (Å²) in [5, 5.41) is 8.20. The zero-order valence-corrected chi connectivity index (χ0v) is 22.7. The van der Waals surface area contributed by atoms with Crippen molar-refractivity contribution in [1.29, 1.82) is 0 Å². The van der Waals surface area contributed by atoms with Gasteiger partial charge in [0.2, 0.25) is 0 Å². The quantitative estimate of drug-likeness (QED) is 0.317. The third kappa shape index (κ3) is 7.66. The lowest BCUT2D eigenvalue weighted by molar-refractivity contribution is -0.144. The fourth-order valence-corrected chi connectivity index (χ4v) is 4.94. The summed E-state index contributed by atoms with van der Waals surface area (Å²) < 4.78 is 19.1. The number of ether oxygens (including phenoxy) is 1. The van der Waals surface area contributed by atoms with E-state index in [4.69, 9.17) is 4.74 Å². The third-order valence-corrected chi connectivity index (χ3v) is 6.90. The van der Waals surface area contributed by atoms with Crippen LogP contribution >= 0.6 is 0 Å². The maximum atomic E-state index is 14.1. The van der Waals surface area contributed by atoms with Crippen LogP contribution in [0.2, 0.25) is 0 Å². The molecule has 1 saturated carbocycles.